The number of H-pyrrole nitrogens is 1. The monoisotopic (exact) mass is 682 g/mol. The minimum atomic E-state index is -1.69. The van der Waals surface area contributed by atoms with E-state index in [2.05, 4.69) is 25.8 Å². The molecule has 0 aromatic carbocycles. The van der Waals surface area contributed by atoms with Crippen LogP contribution in [-0.2, 0) is 35.2 Å². The van der Waals surface area contributed by atoms with E-state index in [4.69, 9.17) is 9.94 Å². The molecule has 0 radical (unpaired) electrons. The number of nitrogens with zero attached hydrogens (tertiary/aromatic N) is 3. The van der Waals surface area contributed by atoms with Gasteiger partial charge in [-0.15, -0.1) is 0 Å². The van der Waals surface area contributed by atoms with Crippen molar-refractivity contribution < 1.29 is 54.3 Å². The Morgan fingerprint density at radius 3 is 2.44 bits per heavy atom. The molecule has 17 nitrogen and oxygen atoms in total. The summed E-state index contributed by atoms with van der Waals surface area (Å²) in [5, 5.41) is 56.0. The number of aromatic amines is 1. The lowest BCUT2D eigenvalue weighted by Crippen LogP contribution is -2.48. The Kier molecular flexibility index (Phi) is 17.3. The fraction of sp³-hybridized carbons (Fsp3) is 0.710. The molecule has 48 heavy (non-hydrogen) atoms. The van der Waals surface area contributed by atoms with E-state index in [1.807, 2.05) is 13.8 Å². The lowest BCUT2D eigenvalue weighted by Gasteiger charge is -2.26. The number of likely N-dealkylation sites (tertiary alicyclic amines) is 1. The van der Waals surface area contributed by atoms with Crippen molar-refractivity contribution in [2.24, 2.45) is 22.9 Å². The number of carbonyl (C=O) groups is 5. The van der Waals surface area contributed by atoms with Gasteiger partial charge in [0.2, 0.25) is 17.7 Å². The number of imidazole rings is 1. The maximum atomic E-state index is 13.6. The van der Waals surface area contributed by atoms with Crippen LogP contribution in [0, 0.1) is 17.8 Å². The molecule has 270 valence electrons. The number of hydrogen-bond donors (Lipinski definition) is 8. The molecule has 3 amide bonds. The number of aliphatic hydroxyl groups excluding tert-OH is 5. The average Bonchev–Trinajstić information content (AvgIpc) is 3.76. The first kappa shape index (κ1) is 40.4. The molecule has 1 aliphatic rings. The topological polar surface area (TPSA) is 264 Å². The maximum absolute atomic E-state index is 13.6. The summed E-state index contributed by atoms with van der Waals surface area (Å²) < 4.78 is 0. The number of aliphatic hydroxyl groups is 5. The van der Waals surface area contributed by atoms with E-state index in [1.165, 1.54) is 24.3 Å². The van der Waals surface area contributed by atoms with E-state index < -0.39 is 79.5 Å². The van der Waals surface area contributed by atoms with Crippen LogP contribution in [0.4, 0.5) is 0 Å². The van der Waals surface area contributed by atoms with Crippen LogP contribution in [0.25, 0.3) is 0 Å². The molecule has 1 aliphatic heterocycles. The number of oxime groups is 1. The molecule has 1 fully saturated rings. The van der Waals surface area contributed by atoms with Gasteiger partial charge in [-0.3, -0.25) is 24.0 Å². The molecule has 0 bridgehead atoms. The maximum Gasteiger partial charge on any atom is 0.226 e. The first-order valence-corrected chi connectivity index (χ1v) is 16.1. The summed E-state index contributed by atoms with van der Waals surface area (Å²) in [6.07, 6.45) is -0.0726. The highest BCUT2D eigenvalue weighted by Crippen LogP contribution is 2.24. The van der Waals surface area contributed by atoms with Crippen LogP contribution >= 0.6 is 0 Å². The average molecular weight is 683 g/mol. The Hall–Kier alpha value is -3.77. The fourth-order valence-corrected chi connectivity index (χ4v) is 5.43. The molecule has 0 saturated carbocycles. The van der Waals surface area contributed by atoms with Gasteiger partial charge in [-0.25, -0.2) is 4.98 Å². The SMILES string of the molecule is CC(=O)N1CCC[C@H]1C(=O)C[C@@H](CC(C)C)C(=O)N[C@@H](Cc1cnc[nH]1)C(=O)C[C@@H](CO)C(=O)NCCO/N=C/C(O)C(O)C(O)CO. The Bertz CT molecular complexity index is 1210. The quantitative estimate of drug-likeness (QED) is 0.0369. The van der Waals surface area contributed by atoms with Crippen LogP contribution in [0.2, 0.25) is 0 Å². The van der Waals surface area contributed by atoms with E-state index in [9.17, 15) is 44.4 Å². The van der Waals surface area contributed by atoms with Crippen molar-refractivity contribution in [3.63, 3.8) is 0 Å². The number of amides is 3. The normalized spacial score (nSPS) is 18.6. The van der Waals surface area contributed by atoms with Crippen LogP contribution in [-0.4, -0.2) is 139 Å². The minimum absolute atomic E-state index is 0.0230. The number of aromatic nitrogens is 2. The van der Waals surface area contributed by atoms with E-state index in [-0.39, 0.29) is 43.6 Å². The molecule has 17 heteroatoms. The lowest BCUT2D eigenvalue weighted by atomic mass is 9.88. The molecule has 1 saturated heterocycles. The van der Waals surface area contributed by atoms with Crippen molar-refractivity contribution in [1.82, 2.24) is 25.5 Å². The van der Waals surface area contributed by atoms with Gasteiger partial charge in [0.05, 0.1) is 50.3 Å². The van der Waals surface area contributed by atoms with E-state index in [0.717, 1.165) is 6.21 Å². The van der Waals surface area contributed by atoms with Gasteiger partial charge < -0.3 is 50.9 Å². The van der Waals surface area contributed by atoms with Crippen LogP contribution in [0.1, 0.15) is 58.6 Å². The van der Waals surface area contributed by atoms with Crippen molar-refractivity contribution in [3.05, 3.63) is 18.2 Å². The third-order valence-corrected chi connectivity index (χ3v) is 8.04. The van der Waals surface area contributed by atoms with Gasteiger partial charge in [-0.2, -0.15) is 0 Å². The standard InChI is InChI=1S/C31H50N6O11/c1-18(2)9-20(10-26(42)24-5-4-7-37(24)19(3)40)31(47)36-23(12-22-13-32-17-34-22)25(41)11-21(15-38)30(46)33-6-8-48-35-14-27(43)29(45)28(44)16-39/h13-14,17-18,20-21,23-24,27-29,38-39,43-45H,4-12,15-16H2,1-3H3,(H,32,34)(H,33,46)(H,36,47)/b35-14+/t20-,21+,23+,24+,27?,28?,29?/m1/s1. The van der Waals surface area contributed by atoms with Gasteiger partial charge in [0, 0.05) is 50.5 Å². The second-order valence-electron chi connectivity index (χ2n) is 12.4. The van der Waals surface area contributed by atoms with Gasteiger partial charge in [0.1, 0.15) is 24.9 Å². The summed E-state index contributed by atoms with van der Waals surface area (Å²) in [5.74, 6) is -3.97. The zero-order valence-corrected chi connectivity index (χ0v) is 27.7. The predicted molar refractivity (Wildman–Crippen MR) is 170 cm³/mol. The second-order valence-corrected chi connectivity index (χ2v) is 12.4. The molecular formula is C31H50N6O11. The van der Waals surface area contributed by atoms with E-state index in [1.54, 1.807) is 0 Å². The number of Topliss-reactive ketones (excluding diaryl/α,β-unsaturated/α-hetero) is 2. The molecule has 3 unspecified atom stereocenters. The molecule has 2 rings (SSSR count). The third-order valence-electron chi connectivity index (χ3n) is 8.04. The zero-order valence-electron chi connectivity index (χ0n) is 27.7. The van der Waals surface area contributed by atoms with Crippen molar-refractivity contribution >= 4 is 35.5 Å². The first-order valence-electron chi connectivity index (χ1n) is 16.1. The van der Waals surface area contributed by atoms with E-state index in [0.29, 0.717) is 31.5 Å². The Balaban J connectivity index is 2.03. The summed E-state index contributed by atoms with van der Waals surface area (Å²) in [7, 11) is 0. The summed E-state index contributed by atoms with van der Waals surface area (Å²) in [5.41, 5.74) is 0.541. The largest absolute Gasteiger partial charge is 0.396 e. The highest BCUT2D eigenvalue weighted by atomic mass is 16.6. The molecule has 1 aromatic rings. The molecule has 7 atom stereocenters. The third kappa shape index (κ3) is 13.0. The molecular weight excluding hydrogens is 632 g/mol. The Labute approximate surface area is 279 Å². The van der Waals surface area contributed by atoms with Crippen LogP contribution in [0.15, 0.2) is 17.7 Å². The highest BCUT2D eigenvalue weighted by molar-refractivity contribution is 5.95. The Morgan fingerprint density at radius 2 is 1.83 bits per heavy atom. The van der Waals surface area contributed by atoms with Gasteiger partial charge in [-0.05, 0) is 25.2 Å². The van der Waals surface area contributed by atoms with Crippen LogP contribution in [0.3, 0.4) is 0 Å². The fourth-order valence-electron chi connectivity index (χ4n) is 5.43. The number of nitrogens with one attached hydrogen (secondary N) is 3. The summed E-state index contributed by atoms with van der Waals surface area (Å²) >= 11 is 0. The number of ketones is 2. The molecule has 8 N–H and O–H groups in total. The lowest BCUT2D eigenvalue weighted by molar-refractivity contribution is -0.138. The molecule has 2 heterocycles. The van der Waals surface area contributed by atoms with Crippen molar-refractivity contribution in [2.75, 3.05) is 32.9 Å². The number of hydrogen-bond acceptors (Lipinski definition) is 13. The number of carbonyl (C=O) groups excluding carboxylic acids is 5. The van der Waals surface area contributed by atoms with Gasteiger partial charge in [-0.1, -0.05) is 19.0 Å². The van der Waals surface area contributed by atoms with Crippen molar-refractivity contribution in [1.29, 1.82) is 0 Å². The molecule has 1 aromatic heterocycles. The predicted octanol–water partition coefficient (Wildman–Crippen LogP) is -2.17. The van der Waals surface area contributed by atoms with Crippen LogP contribution in [0.5, 0.6) is 0 Å². The second kappa shape index (κ2) is 20.6. The summed E-state index contributed by atoms with van der Waals surface area (Å²) in [6, 6.07) is -1.69. The van der Waals surface area contributed by atoms with Crippen molar-refractivity contribution in [3.8, 4) is 0 Å². The van der Waals surface area contributed by atoms with Gasteiger partial charge in [0.25, 0.3) is 0 Å². The van der Waals surface area contributed by atoms with Gasteiger partial charge >= 0.3 is 0 Å². The molecule has 0 aliphatic carbocycles. The smallest absolute Gasteiger partial charge is 0.226 e. The molecule has 0 spiro atoms. The minimum Gasteiger partial charge on any atom is -0.396 e. The van der Waals surface area contributed by atoms with Crippen molar-refractivity contribution in [2.45, 2.75) is 89.7 Å². The number of rotatable bonds is 22. The zero-order chi connectivity index (χ0) is 35.8. The van der Waals surface area contributed by atoms with E-state index >= 15 is 0 Å². The Morgan fingerprint density at radius 1 is 1.10 bits per heavy atom. The van der Waals surface area contributed by atoms with Crippen LogP contribution < -0.4 is 10.6 Å². The summed E-state index contributed by atoms with van der Waals surface area (Å²) in [6.45, 7) is 4.00. The summed E-state index contributed by atoms with van der Waals surface area (Å²) in [4.78, 5) is 78.4. The van der Waals surface area contributed by atoms with Gasteiger partial charge in [0.15, 0.2) is 11.6 Å². The first-order chi connectivity index (χ1) is 22.8. The highest BCUT2D eigenvalue weighted by Gasteiger charge is 2.36.